The van der Waals surface area contributed by atoms with E-state index in [0.717, 1.165) is 5.56 Å². The van der Waals surface area contributed by atoms with E-state index in [4.69, 9.17) is 0 Å². The molecule has 0 atom stereocenters. The Hall–Kier alpha value is -3.09. The Labute approximate surface area is 119 Å². The Morgan fingerprint density at radius 1 is 1.14 bits per heavy atom. The second-order valence-corrected chi connectivity index (χ2v) is 3.97. The fraction of sp³-hybridized carbons (Fsp3) is 0.0714. The first kappa shape index (κ1) is 14.3. The van der Waals surface area contributed by atoms with Gasteiger partial charge in [-0.15, -0.1) is 10.1 Å². The molecule has 0 fully saturated rings. The lowest BCUT2D eigenvalue weighted by Crippen LogP contribution is -2.12. The van der Waals surface area contributed by atoms with Gasteiger partial charge < -0.3 is 9.84 Å². The van der Waals surface area contributed by atoms with E-state index in [1.807, 2.05) is 6.07 Å². The number of carbonyl (C=O) groups excluding carboxylic acids is 1. The molecule has 0 aliphatic carbocycles. The van der Waals surface area contributed by atoms with Gasteiger partial charge in [-0.1, -0.05) is 42.5 Å². The summed E-state index contributed by atoms with van der Waals surface area (Å²) in [4.78, 5) is 25.6. The highest BCUT2D eigenvalue weighted by atomic mass is 17.0. The summed E-state index contributed by atoms with van der Waals surface area (Å²) in [6.07, 6.45) is 0. The smallest absolute Gasteiger partial charge is 0.343 e. The van der Waals surface area contributed by atoms with Crippen molar-refractivity contribution in [3.8, 4) is 16.9 Å². The molecule has 21 heavy (non-hydrogen) atoms. The fourth-order valence-electron chi connectivity index (χ4n) is 1.76. The molecule has 0 radical (unpaired) electrons. The number of nitrogens with zero attached hydrogens (tertiary/aromatic N) is 1. The summed E-state index contributed by atoms with van der Waals surface area (Å²) < 4.78 is 4.55. The number of phenols is 1. The standard InChI is InChI=1S/C14H11NO6/c16-13-11(10-5-2-1-3-6-10)7-4-8-12(13)14(17)20-9-21-15(18)19/h1-8,16H,9H2. The monoisotopic (exact) mass is 289 g/mol. The van der Waals surface area contributed by atoms with Crippen molar-refractivity contribution in [3.63, 3.8) is 0 Å². The van der Waals surface area contributed by atoms with E-state index in [1.54, 1.807) is 36.4 Å². The zero-order chi connectivity index (χ0) is 15.2. The predicted molar refractivity (Wildman–Crippen MR) is 71.9 cm³/mol. The molecule has 0 amide bonds. The highest BCUT2D eigenvalue weighted by Gasteiger charge is 2.16. The molecule has 2 rings (SSSR count). The molecule has 0 aromatic heterocycles. The molecule has 0 spiro atoms. The Kier molecular flexibility index (Phi) is 4.35. The third-order valence-electron chi connectivity index (χ3n) is 2.69. The molecule has 2 aromatic carbocycles. The number of hydrogen-bond acceptors (Lipinski definition) is 6. The van der Waals surface area contributed by atoms with Crippen LogP contribution in [0.25, 0.3) is 11.1 Å². The van der Waals surface area contributed by atoms with Gasteiger partial charge in [0.25, 0.3) is 5.09 Å². The van der Waals surface area contributed by atoms with Crippen LogP contribution in [0.2, 0.25) is 0 Å². The van der Waals surface area contributed by atoms with E-state index < -0.39 is 17.8 Å². The maximum atomic E-state index is 11.7. The first-order valence-electron chi connectivity index (χ1n) is 5.91. The summed E-state index contributed by atoms with van der Waals surface area (Å²) in [7, 11) is 0. The SMILES string of the molecule is O=C(OCO[N+](=O)[O-])c1cccc(-c2ccccc2)c1O. The van der Waals surface area contributed by atoms with Gasteiger partial charge in [0.05, 0.1) is 0 Å². The molecule has 0 aliphatic heterocycles. The maximum Gasteiger partial charge on any atom is 0.343 e. The number of benzene rings is 2. The topological polar surface area (TPSA) is 98.9 Å². The lowest BCUT2D eigenvalue weighted by molar-refractivity contribution is -0.765. The molecular weight excluding hydrogens is 278 g/mol. The second kappa shape index (κ2) is 6.38. The van der Waals surface area contributed by atoms with E-state index in [0.29, 0.717) is 5.56 Å². The summed E-state index contributed by atoms with van der Waals surface area (Å²) in [6.45, 7) is -0.833. The fourth-order valence-corrected chi connectivity index (χ4v) is 1.76. The van der Waals surface area contributed by atoms with Crippen LogP contribution in [0.5, 0.6) is 5.75 Å². The van der Waals surface area contributed by atoms with Crippen molar-refractivity contribution in [1.29, 1.82) is 0 Å². The molecule has 7 heteroatoms. The first-order chi connectivity index (χ1) is 10.1. The van der Waals surface area contributed by atoms with E-state index in [9.17, 15) is 20.0 Å². The molecule has 0 heterocycles. The lowest BCUT2D eigenvalue weighted by atomic mass is 10.0. The number of rotatable bonds is 5. The maximum absolute atomic E-state index is 11.7. The van der Waals surface area contributed by atoms with Crippen molar-refractivity contribution in [1.82, 2.24) is 0 Å². The predicted octanol–water partition coefficient (Wildman–Crippen LogP) is 2.38. The van der Waals surface area contributed by atoms with Crippen LogP contribution >= 0.6 is 0 Å². The van der Waals surface area contributed by atoms with Crippen LogP contribution in [0.3, 0.4) is 0 Å². The molecule has 0 bridgehead atoms. The number of para-hydroxylation sites is 1. The Bertz CT molecular complexity index is 656. The number of carbonyl (C=O) groups is 1. The van der Waals surface area contributed by atoms with Crippen LogP contribution in [0, 0.1) is 10.1 Å². The second-order valence-electron chi connectivity index (χ2n) is 3.97. The zero-order valence-corrected chi connectivity index (χ0v) is 10.8. The molecule has 7 nitrogen and oxygen atoms in total. The minimum Gasteiger partial charge on any atom is -0.506 e. The van der Waals surface area contributed by atoms with Crippen LogP contribution in [0.15, 0.2) is 48.5 Å². The van der Waals surface area contributed by atoms with Gasteiger partial charge in [-0.25, -0.2) is 4.79 Å². The quantitative estimate of drug-likeness (QED) is 0.392. The van der Waals surface area contributed by atoms with E-state index in [2.05, 4.69) is 9.57 Å². The van der Waals surface area contributed by atoms with Crippen LogP contribution in [-0.2, 0) is 9.57 Å². The van der Waals surface area contributed by atoms with Gasteiger partial charge in [0.1, 0.15) is 11.3 Å². The van der Waals surface area contributed by atoms with E-state index in [-0.39, 0.29) is 11.3 Å². The highest BCUT2D eigenvalue weighted by molar-refractivity contribution is 5.95. The van der Waals surface area contributed by atoms with Gasteiger partial charge in [-0.2, -0.15) is 0 Å². The minimum absolute atomic E-state index is 0.0942. The van der Waals surface area contributed by atoms with Crippen molar-refractivity contribution < 1.29 is 24.6 Å². The number of phenolic OH excluding ortho intramolecular Hbond substituents is 1. The average Bonchev–Trinajstić information content (AvgIpc) is 2.48. The molecule has 2 aromatic rings. The Balaban J connectivity index is 2.22. The van der Waals surface area contributed by atoms with Gasteiger partial charge >= 0.3 is 5.97 Å². The average molecular weight is 289 g/mol. The largest absolute Gasteiger partial charge is 0.506 e. The van der Waals surface area contributed by atoms with Gasteiger partial charge in [-0.3, -0.25) is 4.84 Å². The van der Waals surface area contributed by atoms with Gasteiger partial charge in [0.15, 0.2) is 0 Å². The summed E-state index contributed by atoms with van der Waals surface area (Å²) in [5, 5.41) is 19.0. The van der Waals surface area contributed by atoms with E-state index in [1.165, 1.54) is 6.07 Å². The molecular formula is C14H11NO6. The zero-order valence-electron chi connectivity index (χ0n) is 10.8. The van der Waals surface area contributed by atoms with E-state index >= 15 is 0 Å². The third-order valence-corrected chi connectivity index (χ3v) is 2.69. The first-order valence-corrected chi connectivity index (χ1v) is 5.91. The normalized spacial score (nSPS) is 9.90. The molecule has 0 aliphatic rings. The van der Waals surface area contributed by atoms with Crippen molar-refractivity contribution in [3.05, 3.63) is 64.2 Å². The molecule has 0 unspecified atom stereocenters. The Morgan fingerprint density at radius 2 is 1.86 bits per heavy atom. The van der Waals surface area contributed by atoms with Crippen molar-refractivity contribution in [2.75, 3.05) is 6.79 Å². The van der Waals surface area contributed by atoms with Crippen LogP contribution in [-0.4, -0.2) is 23.0 Å². The van der Waals surface area contributed by atoms with Crippen molar-refractivity contribution >= 4 is 5.97 Å². The number of ether oxygens (including phenoxy) is 1. The number of aromatic hydroxyl groups is 1. The lowest BCUT2D eigenvalue weighted by Gasteiger charge is -2.09. The summed E-state index contributed by atoms with van der Waals surface area (Å²) >= 11 is 0. The van der Waals surface area contributed by atoms with Crippen LogP contribution in [0.1, 0.15) is 10.4 Å². The number of esters is 1. The third kappa shape index (κ3) is 3.47. The van der Waals surface area contributed by atoms with Gasteiger partial charge in [-0.05, 0) is 11.6 Å². The number of hydrogen-bond donors (Lipinski definition) is 1. The van der Waals surface area contributed by atoms with Crippen LogP contribution < -0.4 is 0 Å². The van der Waals surface area contributed by atoms with Gasteiger partial charge in [0.2, 0.25) is 6.79 Å². The minimum atomic E-state index is -1.08. The van der Waals surface area contributed by atoms with Gasteiger partial charge in [0, 0.05) is 5.56 Å². The molecule has 108 valence electrons. The molecule has 0 saturated carbocycles. The highest BCUT2D eigenvalue weighted by Crippen LogP contribution is 2.32. The summed E-state index contributed by atoms with van der Waals surface area (Å²) in [5.74, 6) is -1.16. The Morgan fingerprint density at radius 3 is 2.52 bits per heavy atom. The van der Waals surface area contributed by atoms with Crippen molar-refractivity contribution in [2.45, 2.75) is 0 Å². The van der Waals surface area contributed by atoms with Crippen molar-refractivity contribution in [2.24, 2.45) is 0 Å². The summed E-state index contributed by atoms with van der Waals surface area (Å²) in [6, 6.07) is 13.6. The molecule has 1 N–H and O–H groups in total. The summed E-state index contributed by atoms with van der Waals surface area (Å²) in [5.41, 5.74) is 1.09. The van der Waals surface area contributed by atoms with Crippen LogP contribution in [0.4, 0.5) is 0 Å². The molecule has 0 saturated heterocycles.